The number of rotatable bonds is 6. The van der Waals surface area contributed by atoms with Crippen LogP contribution in [0.1, 0.15) is 20.7 Å². The molecule has 3 aromatic rings. The molecule has 0 aliphatic heterocycles. The van der Waals surface area contributed by atoms with E-state index in [0.717, 1.165) is 2.81 Å². The second-order valence-corrected chi connectivity index (χ2v) is 6.87. The summed E-state index contributed by atoms with van der Waals surface area (Å²) in [6.45, 7) is 0. The molecule has 3 rings (SSSR count). The van der Waals surface area contributed by atoms with Crippen LogP contribution in [-0.2, 0) is 0 Å². The molecule has 0 spiro atoms. The van der Waals surface area contributed by atoms with Gasteiger partial charge in [0.15, 0.2) is 0 Å². The van der Waals surface area contributed by atoms with E-state index in [2.05, 4.69) is 0 Å². The molecule has 0 amide bonds. The van der Waals surface area contributed by atoms with Gasteiger partial charge in [0.25, 0.3) is 0 Å². The second kappa shape index (κ2) is 8.26. The zero-order chi connectivity index (χ0) is 19.4. The minimum absolute atomic E-state index is 0.198. The van der Waals surface area contributed by atoms with Crippen LogP contribution in [-0.4, -0.2) is 50.1 Å². The molecule has 6 nitrogen and oxygen atoms in total. The minimum atomic E-state index is -0.985. The molecule has 0 saturated heterocycles. The molecule has 2 N–H and O–H groups in total. The Kier molecular flexibility index (Phi) is 5.81. The molecule has 0 aromatic heterocycles. The molecule has 3 aromatic carbocycles. The van der Waals surface area contributed by atoms with Gasteiger partial charge in [-0.25, -0.2) is 0 Å². The van der Waals surface area contributed by atoms with Gasteiger partial charge >= 0.3 is 173 Å². The fraction of sp³-hybridized carbons (Fsp3) is 0. The molecule has 0 aliphatic rings. The quantitative estimate of drug-likeness (QED) is 0.644. The summed E-state index contributed by atoms with van der Waals surface area (Å²) in [6, 6.07) is 17.8. The van der Waals surface area contributed by atoms with Crippen LogP contribution in [0.25, 0.3) is 0 Å². The number of benzene rings is 3. The molecule has 0 unspecified atom stereocenters. The summed E-state index contributed by atoms with van der Waals surface area (Å²) in [6.07, 6.45) is 0. The standard InChI is InChI=1S/C20H13O6.Na/c21-19(22)13-1-5-15(6-2-13)25-17-9-11-18(12-10-17)26-16-7-3-14(4-8-16)20(23)24;/h1-11H,(H,21,22)(H,23,24);. The number of carboxylic acids is 2. The van der Waals surface area contributed by atoms with Gasteiger partial charge in [0.1, 0.15) is 0 Å². The molecular weight excluding hydrogens is 359 g/mol. The number of carboxylic acid groups (broad SMARTS) is 2. The van der Waals surface area contributed by atoms with Crippen LogP contribution in [0, 0.1) is 0 Å². The predicted octanol–water partition coefficient (Wildman–Crippen LogP) is 3.46. The molecule has 0 heterocycles. The Morgan fingerprint density at radius 1 is 0.667 bits per heavy atom. The molecule has 27 heavy (non-hydrogen) atoms. The maximum absolute atomic E-state index is 10.9. The van der Waals surface area contributed by atoms with E-state index in [4.69, 9.17) is 19.7 Å². The molecule has 0 saturated carbocycles. The summed E-state index contributed by atoms with van der Waals surface area (Å²) in [4.78, 5) is 21.8. The molecule has 0 fully saturated rings. The van der Waals surface area contributed by atoms with Gasteiger partial charge in [0.2, 0.25) is 0 Å². The number of aromatic carboxylic acids is 2. The Labute approximate surface area is 172 Å². The van der Waals surface area contributed by atoms with Crippen molar-refractivity contribution in [1.29, 1.82) is 0 Å². The fourth-order valence-electron chi connectivity index (χ4n) is 2.39. The Hall–Kier alpha value is -2.80. The van der Waals surface area contributed by atoms with E-state index in [9.17, 15) is 9.59 Å². The van der Waals surface area contributed by atoms with Crippen molar-refractivity contribution in [2.45, 2.75) is 0 Å². The number of hydrogen-bond acceptors (Lipinski definition) is 4. The van der Waals surface area contributed by atoms with Crippen molar-refractivity contribution in [3.8, 4) is 23.0 Å². The van der Waals surface area contributed by atoms with Gasteiger partial charge in [0.05, 0.1) is 0 Å². The average Bonchev–Trinajstić information content (AvgIpc) is 2.65. The van der Waals surface area contributed by atoms with E-state index < -0.39 is 11.9 Å². The average molecular weight is 372 g/mol. The van der Waals surface area contributed by atoms with Gasteiger partial charge < -0.3 is 0 Å². The van der Waals surface area contributed by atoms with Crippen LogP contribution in [0.15, 0.2) is 66.7 Å². The van der Waals surface area contributed by atoms with Gasteiger partial charge in [-0.3, -0.25) is 0 Å². The van der Waals surface area contributed by atoms with E-state index in [1.165, 1.54) is 24.3 Å². The Balaban J connectivity index is 1.71. The zero-order valence-electron chi connectivity index (χ0n) is 14.4. The summed E-state index contributed by atoms with van der Waals surface area (Å²) >= 11 is 0.716. The van der Waals surface area contributed by atoms with Crippen molar-refractivity contribution in [3.05, 3.63) is 77.9 Å². The normalized spacial score (nSPS) is 10.3. The summed E-state index contributed by atoms with van der Waals surface area (Å²) in [5.41, 5.74) is 0.398. The molecule has 0 radical (unpaired) electrons. The van der Waals surface area contributed by atoms with E-state index in [0.29, 0.717) is 50.9 Å². The predicted molar refractivity (Wildman–Crippen MR) is 98.8 cm³/mol. The van der Waals surface area contributed by atoms with E-state index in [-0.39, 0.29) is 11.1 Å². The number of ether oxygens (including phenoxy) is 2. The summed E-state index contributed by atoms with van der Waals surface area (Å²) in [5.74, 6) is 0.424. The number of hydrogen-bond donors (Lipinski definition) is 2. The first-order valence-corrected chi connectivity index (χ1v) is 9.05. The molecule has 0 atom stereocenters. The van der Waals surface area contributed by atoms with Gasteiger partial charge in [-0.15, -0.1) is 0 Å². The number of carbonyl (C=O) groups is 2. The van der Waals surface area contributed by atoms with E-state index >= 15 is 0 Å². The van der Waals surface area contributed by atoms with Crippen molar-refractivity contribution < 1.29 is 29.3 Å². The second-order valence-electron chi connectivity index (χ2n) is 5.79. The summed E-state index contributed by atoms with van der Waals surface area (Å²) in [7, 11) is 0. The first-order chi connectivity index (χ1) is 12.9. The van der Waals surface area contributed by atoms with Gasteiger partial charge in [0, 0.05) is 0 Å². The Morgan fingerprint density at radius 2 is 1.11 bits per heavy atom. The first kappa shape index (κ1) is 19.0. The van der Waals surface area contributed by atoms with Crippen LogP contribution >= 0.6 is 0 Å². The topological polar surface area (TPSA) is 93.1 Å². The molecule has 7 heteroatoms. The van der Waals surface area contributed by atoms with Crippen LogP contribution < -0.4 is 12.3 Å². The van der Waals surface area contributed by atoms with Gasteiger partial charge in [-0.05, 0) is 0 Å². The van der Waals surface area contributed by atoms with Crippen molar-refractivity contribution in [3.63, 3.8) is 0 Å². The molecule has 0 bridgehead atoms. The van der Waals surface area contributed by atoms with Crippen LogP contribution in [0.4, 0.5) is 0 Å². The van der Waals surface area contributed by atoms with Crippen molar-refractivity contribution in [2.24, 2.45) is 0 Å². The monoisotopic (exact) mass is 372 g/mol. The summed E-state index contributed by atoms with van der Waals surface area (Å²) in [5, 5.41) is 17.8. The van der Waals surface area contributed by atoms with Crippen molar-refractivity contribution in [2.75, 3.05) is 0 Å². The van der Waals surface area contributed by atoms with Crippen molar-refractivity contribution in [1.82, 2.24) is 0 Å². The Bertz CT molecular complexity index is 980. The van der Waals surface area contributed by atoms with Crippen LogP contribution in [0.5, 0.6) is 23.0 Å². The molecule has 0 aliphatic carbocycles. The van der Waals surface area contributed by atoms with E-state index in [1.807, 2.05) is 6.07 Å². The first-order valence-electron chi connectivity index (χ1n) is 8.05. The third-order valence-electron chi connectivity index (χ3n) is 3.81. The van der Waals surface area contributed by atoms with Crippen molar-refractivity contribution >= 4 is 42.7 Å². The zero-order valence-corrected chi connectivity index (χ0v) is 16.4. The summed E-state index contributed by atoms with van der Waals surface area (Å²) < 4.78 is 12.5. The third-order valence-corrected chi connectivity index (χ3v) is 4.59. The third kappa shape index (κ3) is 4.89. The van der Waals surface area contributed by atoms with Crippen LogP contribution in [0.3, 0.4) is 0 Å². The van der Waals surface area contributed by atoms with Crippen LogP contribution in [0.2, 0.25) is 0 Å². The van der Waals surface area contributed by atoms with E-state index in [1.54, 1.807) is 36.4 Å². The SMILES string of the molecule is O=C(O)c1ccc(Oc2ccc(Oc3ccc(C(=O)O)cc3)[c]([Na])c2)cc1. The molecule has 130 valence electrons. The molecular formula is C20H13NaO6. The fourth-order valence-corrected chi connectivity index (χ4v) is 2.95. The van der Waals surface area contributed by atoms with Gasteiger partial charge in [-0.1, -0.05) is 0 Å². The maximum atomic E-state index is 10.9. The van der Waals surface area contributed by atoms with Gasteiger partial charge in [-0.2, -0.15) is 0 Å². The Morgan fingerprint density at radius 3 is 1.56 bits per heavy atom.